The van der Waals surface area contributed by atoms with E-state index in [4.69, 9.17) is 28.9 Å². The van der Waals surface area contributed by atoms with E-state index in [0.717, 1.165) is 18.5 Å². The van der Waals surface area contributed by atoms with Gasteiger partial charge in [0, 0.05) is 10.6 Å². The molecular formula is C18H21Cl2N3O. The lowest BCUT2D eigenvalue weighted by Crippen LogP contribution is -2.31. The van der Waals surface area contributed by atoms with Crippen LogP contribution in [0, 0.1) is 0 Å². The molecule has 6 heteroatoms. The minimum atomic E-state index is -0.193. The monoisotopic (exact) mass is 365 g/mol. The normalized spacial score (nSPS) is 12.2. The van der Waals surface area contributed by atoms with Gasteiger partial charge in [0.25, 0.3) is 5.91 Å². The van der Waals surface area contributed by atoms with Crippen LogP contribution in [0.1, 0.15) is 28.4 Å². The Morgan fingerprint density at radius 3 is 2.58 bits per heavy atom. The van der Waals surface area contributed by atoms with Gasteiger partial charge in [-0.15, -0.1) is 0 Å². The summed E-state index contributed by atoms with van der Waals surface area (Å²) >= 11 is 12.0. The fourth-order valence-electron chi connectivity index (χ4n) is 2.36. The summed E-state index contributed by atoms with van der Waals surface area (Å²) in [4.78, 5) is 14.6. The van der Waals surface area contributed by atoms with Crippen LogP contribution in [-0.4, -0.2) is 31.4 Å². The van der Waals surface area contributed by atoms with Crippen molar-refractivity contribution in [3.05, 3.63) is 63.6 Å². The second kappa shape index (κ2) is 8.38. The van der Waals surface area contributed by atoms with Gasteiger partial charge in [0.2, 0.25) is 0 Å². The van der Waals surface area contributed by atoms with Gasteiger partial charge in [-0.1, -0.05) is 35.3 Å². The molecule has 0 aliphatic rings. The Bertz CT molecular complexity index is 719. The van der Waals surface area contributed by atoms with E-state index >= 15 is 0 Å². The first kappa shape index (κ1) is 18.6. The maximum atomic E-state index is 12.6. The lowest BCUT2D eigenvalue weighted by atomic mass is 10.0. The molecule has 128 valence electrons. The molecule has 1 amide bonds. The third-order valence-corrected chi connectivity index (χ3v) is 4.26. The number of amides is 1. The van der Waals surface area contributed by atoms with Gasteiger partial charge in [0.1, 0.15) is 0 Å². The highest BCUT2D eigenvalue weighted by Gasteiger charge is 2.17. The summed E-state index contributed by atoms with van der Waals surface area (Å²) < 4.78 is 0. The summed E-state index contributed by atoms with van der Waals surface area (Å²) in [6.07, 6.45) is 0.766. The van der Waals surface area contributed by atoms with Crippen LogP contribution in [0.2, 0.25) is 10.0 Å². The molecule has 2 rings (SSSR count). The highest BCUT2D eigenvalue weighted by atomic mass is 35.5. The second-order valence-electron chi connectivity index (χ2n) is 5.91. The summed E-state index contributed by atoms with van der Waals surface area (Å²) in [5.74, 6) is -0.193. The van der Waals surface area contributed by atoms with Crippen molar-refractivity contribution in [1.82, 2.24) is 10.2 Å². The number of hydrogen-bond acceptors (Lipinski definition) is 3. The quantitative estimate of drug-likeness (QED) is 0.760. The number of halogens is 2. The summed E-state index contributed by atoms with van der Waals surface area (Å²) in [5.41, 5.74) is 7.62. The number of nitrogens with one attached hydrogen (secondary N) is 1. The molecule has 0 aromatic heterocycles. The topological polar surface area (TPSA) is 58.4 Å². The van der Waals surface area contributed by atoms with E-state index in [2.05, 4.69) is 10.2 Å². The third kappa shape index (κ3) is 5.13. The molecule has 0 radical (unpaired) electrons. The summed E-state index contributed by atoms with van der Waals surface area (Å²) in [6, 6.07) is 12.3. The smallest absolute Gasteiger partial charge is 0.251 e. The third-order valence-electron chi connectivity index (χ3n) is 3.68. The van der Waals surface area contributed by atoms with Gasteiger partial charge in [0.15, 0.2) is 0 Å². The van der Waals surface area contributed by atoms with Crippen LogP contribution in [0.5, 0.6) is 0 Å². The maximum Gasteiger partial charge on any atom is 0.251 e. The second-order valence-corrected chi connectivity index (χ2v) is 6.75. The predicted molar refractivity (Wildman–Crippen MR) is 101 cm³/mol. The van der Waals surface area contributed by atoms with Crippen molar-refractivity contribution in [2.45, 2.75) is 12.5 Å². The van der Waals surface area contributed by atoms with E-state index in [9.17, 15) is 4.79 Å². The zero-order valence-corrected chi connectivity index (χ0v) is 15.2. The average Bonchev–Trinajstić information content (AvgIpc) is 2.53. The number of nitrogen functional groups attached to an aromatic ring is 1. The Morgan fingerprint density at radius 1 is 1.21 bits per heavy atom. The van der Waals surface area contributed by atoms with Crippen molar-refractivity contribution in [3.8, 4) is 0 Å². The maximum absolute atomic E-state index is 12.6. The van der Waals surface area contributed by atoms with Crippen molar-refractivity contribution in [2.24, 2.45) is 0 Å². The van der Waals surface area contributed by atoms with Crippen molar-refractivity contribution in [1.29, 1.82) is 0 Å². The minimum absolute atomic E-state index is 0.143. The highest BCUT2D eigenvalue weighted by molar-refractivity contribution is 6.33. The van der Waals surface area contributed by atoms with Gasteiger partial charge in [-0.05, 0) is 63.0 Å². The molecule has 2 aromatic carbocycles. The molecule has 0 fully saturated rings. The van der Waals surface area contributed by atoms with Crippen molar-refractivity contribution in [3.63, 3.8) is 0 Å². The van der Waals surface area contributed by atoms with Gasteiger partial charge in [-0.25, -0.2) is 0 Å². The van der Waals surface area contributed by atoms with Gasteiger partial charge in [-0.2, -0.15) is 0 Å². The average molecular weight is 366 g/mol. The van der Waals surface area contributed by atoms with Crippen LogP contribution in [0.4, 0.5) is 5.69 Å². The van der Waals surface area contributed by atoms with E-state index in [0.29, 0.717) is 21.3 Å². The molecule has 0 aliphatic carbocycles. The molecule has 1 unspecified atom stereocenters. The fraction of sp³-hybridized carbons (Fsp3) is 0.278. The standard InChI is InChI=1S/C18H21Cl2N3O/c1-23(2)9-8-17(12-4-3-5-14(19)10-12)22-18(24)13-6-7-15(20)16(21)11-13/h3-7,10-11,17H,8-9,21H2,1-2H3,(H,22,24). The molecule has 0 bridgehead atoms. The number of carbonyl (C=O) groups is 1. The van der Waals surface area contributed by atoms with Gasteiger partial charge in [0.05, 0.1) is 16.8 Å². The van der Waals surface area contributed by atoms with Gasteiger partial charge < -0.3 is 16.0 Å². The van der Waals surface area contributed by atoms with Crippen LogP contribution in [0.3, 0.4) is 0 Å². The number of rotatable bonds is 6. The van der Waals surface area contributed by atoms with Crippen LogP contribution >= 0.6 is 23.2 Å². The van der Waals surface area contributed by atoms with Crippen LogP contribution in [-0.2, 0) is 0 Å². The zero-order chi connectivity index (χ0) is 17.7. The van der Waals surface area contributed by atoms with E-state index in [1.54, 1.807) is 18.2 Å². The Hall–Kier alpha value is -1.75. The molecule has 0 spiro atoms. The minimum Gasteiger partial charge on any atom is -0.398 e. The molecule has 4 nitrogen and oxygen atoms in total. The van der Waals surface area contributed by atoms with Crippen molar-refractivity contribution < 1.29 is 4.79 Å². The van der Waals surface area contributed by atoms with E-state index in [-0.39, 0.29) is 11.9 Å². The fourth-order valence-corrected chi connectivity index (χ4v) is 2.68. The van der Waals surface area contributed by atoms with E-state index < -0.39 is 0 Å². The lowest BCUT2D eigenvalue weighted by molar-refractivity contribution is 0.0933. The molecule has 0 heterocycles. The molecule has 1 atom stereocenters. The van der Waals surface area contributed by atoms with Crippen LogP contribution in [0.15, 0.2) is 42.5 Å². The Morgan fingerprint density at radius 2 is 1.96 bits per heavy atom. The lowest BCUT2D eigenvalue weighted by Gasteiger charge is -2.21. The molecular weight excluding hydrogens is 345 g/mol. The molecule has 3 N–H and O–H groups in total. The number of carbonyl (C=O) groups excluding carboxylic acids is 1. The van der Waals surface area contributed by atoms with Crippen molar-refractivity contribution >= 4 is 34.8 Å². The largest absolute Gasteiger partial charge is 0.398 e. The van der Waals surface area contributed by atoms with Crippen molar-refractivity contribution in [2.75, 3.05) is 26.4 Å². The molecule has 24 heavy (non-hydrogen) atoms. The van der Waals surface area contributed by atoms with Crippen LogP contribution in [0.25, 0.3) is 0 Å². The van der Waals surface area contributed by atoms with E-state index in [1.807, 2.05) is 38.4 Å². The number of anilines is 1. The number of hydrogen-bond donors (Lipinski definition) is 2. The molecule has 0 saturated heterocycles. The summed E-state index contributed by atoms with van der Waals surface area (Å²) in [6.45, 7) is 0.834. The Kier molecular flexibility index (Phi) is 6.49. The molecule has 2 aromatic rings. The number of benzene rings is 2. The Labute approximate surface area is 152 Å². The SMILES string of the molecule is CN(C)CCC(NC(=O)c1ccc(Cl)c(N)c1)c1cccc(Cl)c1. The first-order valence-corrected chi connectivity index (χ1v) is 8.38. The highest BCUT2D eigenvalue weighted by Crippen LogP contribution is 2.23. The van der Waals surface area contributed by atoms with Gasteiger partial charge in [-0.3, -0.25) is 4.79 Å². The Balaban J connectivity index is 2.20. The van der Waals surface area contributed by atoms with Gasteiger partial charge >= 0.3 is 0 Å². The first-order valence-electron chi connectivity index (χ1n) is 7.63. The van der Waals surface area contributed by atoms with Crippen LogP contribution < -0.4 is 11.1 Å². The number of nitrogens with two attached hydrogens (primary N) is 1. The zero-order valence-electron chi connectivity index (χ0n) is 13.7. The predicted octanol–water partition coefficient (Wildman–Crippen LogP) is 4.00. The summed E-state index contributed by atoms with van der Waals surface area (Å²) in [7, 11) is 3.99. The first-order chi connectivity index (χ1) is 11.4. The summed E-state index contributed by atoms with van der Waals surface area (Å²) in [5, 5.41) is 4.14. The number of nitrogens with zero attached hydrogens (tertiary/aromatic N) is 1. The molecule has 0 aliphatic heterocycles. The van der Waals surface area contributed by atoms with E-state index in [1.165, 1.54) is 0 Å². The molecule has 0 saturated carbocycles.